The van der Waals surface area contributed by atoms with Gasteiger partial charge < -0.3 is 9.88 Å². The quantitative estimate of drug-likeness (QED) is 0.858. The predicted molar refractivity (Wildman–Crippen MR) is 81.5 cm³/mol. The first-order valence-corrected chi connectivity index (χ1v) is 7.74. The average molecular weight is 286 g/mol. The molecule has 3 rings (SSSR count). The minimum absolute atomic E-state index is 0.0703. The Morgan fingerprint density at radius 3 is 3.00 bits per heavy atom. The first-order valence-electron chi connectivity index (χ1n) is 7.74. The van der Waals surface area contributed by atoms with E-state index in [2.05, 4.69) is 21.9 Å². The van der Waals surface area contributed by atoms with E-state index in [0.717, 1.165) is 44.6 Å². The second kappa shape index (κ2) is 6.26. The molecule has 0 saturated carbocycles. The highest BCUT2D eigenvalue weighted by Crippen LogP contribution is 2.22. The van der Waals surface area contributed by atoms with E-state index in [1.807, 2.05) is 29.2 Å². The molecule has 5 heteroatoms. The lowest BCUT2D eigenvalue weighted by Crippen LogP contribution is -2.30. The van der Waals surface area contributed by atoms with Crippen molar-refractivity contribution in [3.63, 3.8) is 0 Å². The molecule has 0 spiro atoms. The van der Waals surface area contributed by atoms with E-state index in [9.17, 15) is 4.79 Å². The molecule has 0 amide bonds. The van der Waals surface area contributed by atoms with Gasteiger partial charge in [0.2, 0.25) is 5.78 Å². The molecular weight excluding hydrogens is 264 g/mol. The van der Waals surface area contributed by atoms with Crippen LogP contribution in [-0.4, -0.2) is 33.2 Å². The van der Waals surface area contributed by atoms with Crippen LogP contribution in [0.1, 0.15) is 48.3 Å². The van der Waals surface area contributed by atoms with Crippen LogP contribution < -0.4 is 5.32 Å². The van der Waals surface area contributed by atoms with Crippen molar-refractivity contribution in [2.45, 2.75) is 38.8 Å². The zero-order valence-corrected chi connectivity index (χ0v) is 12.5. The Hall–Kier alpha value is -1.88. The van der Waals surface area contributed by atoms with Crippen molar-refractivity contribution in [3.05, 3.63) is 42.0 Å². The molecule has 1 fully saturated rings. The van der Waals surface area contributed by atoms with Gasteiger partial charge in [0.25, 0.3) is 0 Å². The molecule has 21 heavy (non-hydrogen) atoms. The summed E-state index contributed by atoms with van der Waals surface area (Å²) in [6.45, 7) is 4.99. The fourth-order valence-corrected chi connectivity index (χ4v) is 2.97. The molecule has 0 atom stereocenters. The molecule has 3 heterocycles. The second-order valence-electron chi connectivity index (χ2n) is 5.60. The van der Waals surface area contributed by atoms with Crippen LogP contribution in [0.15, 0.2) is 30.7 Å². The summed E-state index contributed by atoms with van der Waals surface area (Å²) in [6.07, 6.45) is 8.72. The van der Waals surface area contributed by atoms with Crippen LogP contribution in [0.5, 0.6) is 0 Å². The van der Waals surface area contributed by atoms with Crippen LogP contribution in [-0.2, 0) is 6.54 Å². The van der Waals surface area contributed by atoms with Crippen molar-refractivity contribution in [1.29, 1.82) is 0 Å². The van der Waals surface area contributed by atoms with Gasteiger partial charge in [0, 0.05) is 25.0 Å². The van der Waals surface area contributed by atoms with Gasteiger partial charge in [-0.3, -0.25) is 9.48 Å². The van der Waals surface area contributed by atoms with Crippen LogP contribution in [0.2, 0.25) is 0 Å². The Morgan fingerprint density at radius 1 is 1.43 bits per heavy atom. The molecule has 0 aliphatic carbocycles. The summed E-state index contributed by atoms with van der Waals surface area (Å²) in [5.74, 6) is 0.0703. The van der Waals surface area contributed by atoms with Gasteiger partial charge in [-0.2, -0.15) is 5.10 Å². The fourth-order valence-electron chi connectivity index (χ4n) is 2.97. The number of piperidine rings is 1. The number of aryl methyl sites for hydroxylation is 1. The van der Waals surface area contributed by atoms with E-state index in [4.69, 9.17) is 0 Å². The van der Waals surface area contributed by atoms with E-state index in [1.165, 1.54) is 0 Å². The normalized spacial score (nSPS) is 16.2. The summed E-state index contributed by atoms with van der Waals surface area (Å²) in [6, 6.07) is 4.30. The topological polar surface area (TPSA) is 51.9 Å². The average Bonchev–Trinajstić information content (AvgIpc) is 3.17. The van der Waals surface area contributed by atoms with Gasteiger partial charge in [0.15, 0.2) is 0 Å². The summed E-state index contributed by atoms with van der Waals surface area (Å²) in [7, 11) is 0. The lowest BCUT2D eigenvalue weighted by molar-refractivity contribution is 0.102. The smallest absolute Gasteiger partial charge is 0.212 e. The largest absolute Gasteiger partial charge is 0.342 e. The van der Waals surface area contributed by atoms with E-state index >= 15 is 0 Å². The van der Waals surface area contributed by atoms with Crippen molar-refractivity contribution in [2.75, 3.05) is 13.1 Å². The lowest BCUT2D eigenvalue weighted by Gasteiger charge is -2.25. The summed E-state index contributed by atoms with van der Waals surface area (Å²) in [5, 5.41) is 7.62. The van der Waals surface area contributed by atoms with E-state index in [1.54, 1.807) is 6.20 Å². The minimum atomic E-state index is 0.0703. The number of carbonyl (C=O) groups excluding carboxylic acids is 1. The zero-order valence-electron chi connectivity index (χ0n) is 12.5. The molecule has 0 aromatic carbocycles. The van der Waals surface area contributed by atoms with Crippen molar-refractivity contribution in [3.8, 4) is 0 Å². The highest BCUT2D eigenvalue weighted by atomic mass is 16.1. The monoisotopic (exact) mass is 286 g/mol. The molecule has 5 nitrogen and oxygen atoms in total. The number of hydrogen-bond donors (Lipinski definition) is 1. The van der Waals surface area contributed by atoms with Crippen molar-refractivity contribution in [1.82, 2.24) is 19.7 Å². The van der Waals surface area contributed by atoms with Crippen LogP contribution in [0, 0.1) is 0 Å². The van der Waals surface area contributed by atoms with Crippen LogP contribution in [0.25, 0.3) is 0 Å². The van der Waals surface area contributed by atoms with E-state index < -0.39 is 0 Å². The number of ketones is 1. The van der Waals surface area contributed by atoms with Crippen LogP contribution >= 0.6 is 0 Å². The number of hydrogen-bond acceptors (Lipinski definition) is 3. The lowest BCUT2D eigenvalue weighted by atomic mass is 10.1. The minimum Gasteiger partial charge on any atom is -0.342 e. The fraction of sp³-hybridized carbons (Fsp3) is 0.500. The van der Waals surface area contributed by atoms with Gasteiger partial charge in [-0.15, -0.1) is 0 Å². The van der Waals surface area contributed by atoms with Gasteiger partial charge in [-0.1, -0.05) is 6.92 Å². The van der Waals surface area contributed by atoms with Gasteiger partial charge >= 0.3 is 0 Å². The highest BCUT2D eigenvalue weighted by Gasteiger charge is 2.21. The standard InChI is InChI=1S/C16H22N4O/c1-2-9-19-12-13(11-18-19)16(21)15-4-3-10-20(15)14-5-7-17-8-6-14/h3-4,10-12,14,17H,2,5-9H2,1H3. The molecule has 1 saturated heterocycles. The Kier molecular flexibility index (Phi) is 4.20. The van der Waals surface area contributed by atoms with Crippen LogP contribution in [0.3, 0.4) is 0 Å². The number of rotatable bonds is 5. The zero-order chi connectivity index (χ0) is 14.7. The molecule has 0 unspecified atom stereocenters. The van der Waals surface area contributed by atoms with E-state index in [0.29, 0.717) is 11.6 Å². The third-order valence-electron chi connectivity index (χ3n) is 4.06. The third-order valence-corrected chi connectivity index (χ3v) is 4.06. The van der Waals surface area contributed by atoms with Gasteiger partial charge in [-0.05, 0) is 44.5 Å². The van der Waals surface area contributed by atoms with Crippen molar-refractivity contribution in [2.24, 2.45) is 0 Å². The highest BCUT2D eigenvalue weighted by molar-refractivity contribution is 6.07. The number of aromatic nitrogens is 3. The molecule has 0 radical (unpaired) electrons. The predicted octanol–water partition coefficient (Wildman–Crippen LogP) is 2.25. The Morgan fingerprint density at radius 2 is 2.24 bits per heavy atom. The molecular formula is C16H22N4O. The number of carbonyl (C=O) groups is 1. The summed E-state index contributed by atoms with van der Waals surface area (Å²) >= 11 is 0. The van der Waals surface area contributed by atoms with Gasteiger partial charge in [0.05, 0.1) is 17.5 Å². The van der Waals surface area contributed by atoms with Gasteiger partial charge in [-0.25, -0.2) is 0 Å². The SMILES string of the molecule is CCCn1cc(C(=O)c2cccn2C2CCNCC2)cn1. The first kappa shape index (κ1) is 14.1. The third kappa shape index (κ3) is 2.93. The van der Waals surface area contributed by atoms with E-state index in [-0.39, 0.29) is 5.78 Å². The summed E-state index contributed by atoms with van der Waals surface area (Å²) in [5.41, 5.74) is 1.45. The molecule has 2 aromatic heterocycles. The van der Waals surface area contributed by atoms with Crippen molar-refractivity contribution >= 4 is 5.78 Å². The summed E-state index contributed by atoms with van der Waals surface area (Å²) in [4.78, 5) is 12.7. The first-order chi connectivity index (χ1) is 10.3. The maximum Gasteiger partial charge on any atom is 0.212 e. The van der Waals surface area contributed by atoms with Crippen molar-refractivity contribution < 1.29 is 4.79 Å². The molecule has 112 valence electrons. The molecule has 2 aromatic rings. The molecule has 1 aliphatic rings. The maximum atomic E-state index is 12.7. The molecule has 1 aliphatic heterocycles. The molecule has 1 N–H and O–H groups in total. The Labute approximate surface area is 125 Å². The molecule has 0 bridgehead atoms. The number of nitrogens with zero attached hydrogens (tertiary/aromatic N) is 3. The summed E-state index contributed by atoms with van der Waals surface area (Å²) < 4.78 is 3.98. The number of nitrogens with one attached hydrogen (secondary N) is 1. The second-order valence-corrected chi connectivity index (χ2v) is 5.60. The Bertz CT molecular complexity index is 607. The van der Waals surface area contributed by atoms with Gasteiger partial charge in [0.1, 0.15) is 0 Å². The van der Waals surface area contributed by atoms with Crippen LogP contribution in [0.4, 0.5) is 0 Å². The maximum absolute atomic E-state index is 12.7. The Balaban J connectivity index is 1.82.